The number of benzene rings is 2. The van der Waals surface area contributed by atoms with Crippen LogP contribution in [0.1, 0.15) is 25.0 Å². The molecule has 0 atom stereocenters. The van der Waals surface area contributed by atoms with Crippen molar-refractivity contribution in [3.63, 3.8) is 0 Å². The van der Waals surface area contributed by atoms with Crippen LogP contribution in [0.5, 0.6) is 11.5 Å². The Morgan fingerprint density at radius 3 is 1.65 bits per heavy atom. The smallest absolute Gasteiger partial charge is 0.214 e. The molecule has 2 aliphatic rings. The third kappa shape index (κ3) is 3.60. The normalized spacial score (nSPS) is 16.0. The molecule has 2 aromatic carbocycles. The largest absolute Gasteiger partial charge is 0.489 e. The summed E-state index contributed by atoms with van der Waals surface area (Å²) >= 11 is 0. The molecule has 0 saturated carbocycles. The summed E-state index contributed by atoms with van der Waals surface area (Å²) in [5, 5.41) is 1.56. The predicted molar refractivity (Wildman–Crippen MR) is 130 cm³/mol. The van der Waals surface area contributed by atoms with E-state index in [1.165, 1.54) is 0 Å². The van der Waals surface area contributed by atoms with Crippen molar-refractivity contribution in [3.8, 4) is 11.5 Å². The fraction of sp³-hybridized carbons (Fsp3) is 0.500. The van der Waals surface area contributed by atoms with Crippen molar-refractivity contribution < 1.29 is 14.0 Å². The number of nitrogens with zero attached hydrogens (tertiary/aromatic N) is 3. The van der Waals surface area contributed by atoms with Crippen LogP contribution in [0, 0.1) is 13.8 Å². The van der Waals surface area contributed by atoms with Crippen molar-refractivity contribution in [1.82, 2.24) is 4.67 Å². The molecule has 0 radical (unpaired) electrons. The van der Waals surface area contributed by atoms with E-state index in [-0.39, 0.29) is 0 Å². The number of aryl methyl sites for hydroxylation is 2. The van der Waals surface area contributed by atoms with Gasteiger partial charge in [-0.05, 0) is 49.2 Å². The Bertz CT molecular complexity index is 962. The Morgan fingerprint density at radius 1 is 0.839 bits per heavy atom. The molecular weight excluding hydrogens is 409 g/mol. The molecule has 2 aliphatic heterocycles. The number of ether oxygens (including phenoxy) is 2. The number of hydrogen-bond donors (Lipinski definition) is 0. The maximum absolute atomic E-state index is 15.4. The number of likely N-dealkylation sites (N-methyl/N-ethyl adjacent to an activating group) is 2. The van der Waals surface area contributed by atoms with Gasteiger partial charge in [0.1, 0.15) is 13.2 Å². The predicted octanol–water partition coefficient (Wildman–Crippen LogP) is 3.53. The Kier molecular flexibility index (Phi) is 5.97. The summed E-state index contributed by atoms with van der Waals surface area (Å²) in [4.78, 5) is 4.38. The lowest BCUT2D eigenvalue weighted by atomic mass is 10.1. The maximum Gasteiger partial charge on any atom is 0.214 e. The van der Waals surface area contributed by atoms with Gasteiger partial charge in [0.2, 0.25) is 7.29 Å². The number of fused-ring (bicyclic) bond motifs is 2. The van der Waals surface area contributed by atoms with E-state index in [0.717, 1.165) is 57.7 Å². The van der Waals surface area contributed by atoms with Crippen LogP contribution in [0.25, 0.3) is 0 Å². The molecular formula is C24H34N3O3P. The average molecular weight is 444 g/mol. The SMILES string of the molecule is CCN(CC)P(=O)(c1cc(C)cc2c1OCCN2C)c1cc(C)cc2c1OCCN2C. The van der Waals surface area contributed by atoms with Crippen LogP contribution >= 0.6 is 7.29 Å². The van der Waals surface area contributed by atoms with E-state index >= 15 is 4.57 Å². The van der Waals surface area contributed by atoms with Crippen LogP contribution in [0.2, 0.25) is 0 Å². The average Bonchev–Trinajstić information content (AvgIpc) is 2.74. The van der Waals surface area contributed by atoms with Crippen molar-refractivity contribution in [2.24, 2.45) is 0 Å². The van der Waals surface area contributed by atoms with Crippen LogP contribution in [0.4, 0.5) is 11.4 Å². The third-order valence-electron chi connectivity index (χ3n) is 6.34. The minimum Gasteiger partial charge on any atom is -0.489 e. The van der Waals surface area contributed by atoms with Crippen molar-refractivity contribution in [1.29, 1.82) is 0 Å². The second-order valence-corrected chi connectivity index (χ2v) is 11.2. The molecule has 168 valence electrons. The lowest BCUT2D eigenvalue weighted by Gasteiger charge is -2.38. The van der Waals surface area contributed by atoms with Gasteiger partial charge < -0.3 is 19.3 Å². The van der Waals surface area contributed by atoms with E-state index in [1.54, 1.807) is 0 Å². The molecule has 31 heavy (non-hydrogen) atoms. The summed E-state index contributed by atoms with van der Waals surface area (Å²) in [5.74, 6) is 1.49. The summed E-state index contributed by atoms with van der Waals surface area (Å²) < 4.78 is 29.8. The van der Waals surface area contributed by atoms with Gasteiger partial charge in [0.15, 0.2) is 11.5 Å². The first kappa shape index (κ1) is 22.0. The van der Waals surface area contributed by atoms with Crippen LogP contribution in [0.3, 0.4) is 0 Å². The summed E-state index contributed by atoms with van der Waals surface area (Å²) in [6, 6.07) is 8.36. The third-order valence-corrected chi connectivity index (χ3v) is 9.67. The lowest BCUT2D eigenvalue weighted by molar-refractivity contribution is 0.312. The molecule has 2 aromatic rings. The summed E-state index contributed by atoms with van der Waals surface area (Å²) in [5.41, 5.74) is 4.18. The molecule has 0 aliphatic carbocycles. The van der Waals surface area contributed by atoms with Crippen molar-refractivity contribution in [3.05, 3.63) is 35.4 Å². The molecule has 0 bridgehead atoms. The first-order chi connectivity index (χ1) is 14.8. The lowest BCUT2D eigenvalue weighted by Crippen LogP contribution is -2.39. The van der Waals surface area contributed by atoms with Gasteiger partial charge in [-0.2, -0.15) is 0 Å². The molecule has 0 saturated heterocycles. The summed E-state index contributed by atoms with van der Waals surface area (Å²) in [7, 11) is 0.906. The molecule has 0 unspecified atom stereocenters. The Hall–Kier alpha value is -2.17. The van der Waals surface area contributed by atoms with E-state index in [1.807, 2.05) is 0 Å². The first-order valence-corrected chi connectivity index (χ1v) is 12.8. The van der Waals surface area contributed by atoms with Gasteiger partial charge >= 0.3 is 0 Å². The zero-order valence-electron chi connectivity index (χ0n) is 19.6. The van der Waals surface area contributed by atoms with Crippen LogP contribution < -0.4 is 29.9 Å². The van der Waals surface area contributed by atoms with E-state index < -0.39 is 7.29 Å². The zero-order valence-corrected chi connectivity index (χ0v) is 20.5. The Morgan fingerprint density at radius 2 is 1.26 bits per heavy atom. The molecule has 6 nitrogen and oxygen atoms in total. The molecule has 0 spiro atoms. The molecule has 2 heterocycles. The fourth-order valence-corrected chi connectivity index (χ4v) is 7.98. The standard InChI is InChI=1S/C24H34N3O3P/c1-7-27(8-2)31(28,21-15-17(3)13-19-23(21)29-11-9-25(19)5)22-16-18(4)14-20-24(22)30-12-10-26(20)6/h13-16H,7-12H2,1-6H3. The number of anilines is 2. The molecule has 7 heteroatoms. The van der Waals surface area contributed by atoms with Crippen molar-refractivity contribution in [2.45, 2.75) is 27.7 Å². The molecule has 0 N–H and O–H groups in total. The second kappa shape index (κ2) is 8.40. The van der Waals surface area contributed by atoms with Gasteiger partial charge in [-0.3, -0.25) is 4.57 Å². The highest BCUT2D eigenvalue weighted by Crippen LogP contribution is 2.55. The second-order valence-electron chi connectivity index (χ2n) is 8.52. The van der Waals surface area contributed by atoms with Gasteiger partial charge in [-0.25, -0.2) is 4.67 Å². The minimum atomic E-state index is -3.23. The van der Waals surface area contributed by atoms with Gasteiger partial charge in [0.25, 0.3) is 0 Å². The zero-order chi connectivity index (χ0) is 22.3. The van der Waals surface area contributed by atoms with Crippen LogP contribution in [-0.4, -0.2) is 58.2 Å². The molecule has 0 amide bonds. The fourth-order valence-electron chi connectivity index (χ4n) is 4.65. The van der Waals surface area contributed by atoms with Gasteiger partial charge in [-0.15, -0.1) is 0 Å². The van der Waals surface area contributed by atoms with Crippen LogP contribution in [-0.2, 0) is 4.57 Å². The monoisotopic (exact) mass is 443 g/mol. The van der Waals surface area contributed by atoms with E-state index in [4.69, 9.17) is 9.47 Å². The maximum atomic E-state index is 15.4. The first-order valence-electron chi connectivity index (χ1n) is 11.1. The quantitative estimate of drug-likeness (QED) is 0.659. The van der Waals surface area contributed by atoms with E-state index in [9.17, 15) is 0 Å². The minimum absolute atomic E-state index is 0.586. The topological polar surface area (TPSA) is 45.3 Å². The Labute approximate surface area is 186 Å². The highest BCUT2D eigenvalue weighted by molar-refractivity contribution is 7.77. The molecule has 4 rings (SSSR count). The molecule has 0 fully saturated rings. The molecule has 0 aromatic heterocycles. The van der Waals surface area contributed by atoms with Crippen LogP contribution in [0.15, 0.2) is 24.3 Å². The van der Waals surface area contributed by atoms with E-state index in [2.05, 4.69) is 80.5 Å². The highest BCUT2D eigenvalue weighted by Gasteiger charge is 2.41. The van der Waals surface area contributed by atoms with Gasteiger partial charge in [0.05, 0.1) is 35.1 Å². The van der Waals surface area contributed by atoms with Crippen molar-refractivity contribution in [2.75, 3.05) is 63.3 Å². The van der Waals surface area contributed by atoms with E-state index in [0.29, 0.717) is 26.3 Å². The summed E-state index contributed by atoms with van der Waals surface area (Å²) in [6.07, 6.45) is 0. The Balaban J connectivity index is 2.06. The number of hydrogen-bond acceptors (Lipinski definition) is 5. The van der Waals surface area contributed by atoms with Crippen molar-refractivity contribution >= 4 is 29.3 Å². The highest BCUT2D eigenvalue weighted by atomic mass is 31.2. The van der Waals surface area contributed by atoms with Gasteiger partial charge in [0, 0.05) is 27.2 Å². The number of rotatable bonds is 5. The van der Waals surface area contributed by atoms with Gasteiger partial charge in [-0.1, -0.05) is 13.8 Å². The summed E-state index contributed by atoms with van der Waals surface area (Å²) in [6.45, 7) is 12.4.